The van der Waals surface area contributed by atoms with Crippen LogP contribution in [0.5, 0.6) is 5.75 Å². The van der Waals surface area contributed by atoms with Crippen LogP contribution in [0.2, 0.25) is 0 Å². The first-order valence-electron chi connectivity index (χ1n) is 13.5. The van der Waals surface area contributed by atoms with Gasteiger partial charge in [-0.1, -0.05) is 47.6 Å². The minimum Gasteiger partial charge on any atom is -0.495 e. The lowest BCUT2D eigenvalue weighted by atomic mass is 10.2. The molecule has 13 heteroatoms. The first kappa shape index (κ1) is 32.3. The summed E-state index contributed by atoms with van der Waals surface area (Å²) in [7, 11) is 1.69. The fourth-order valence-electron chi connectivity index (χ4n) is 4.62. The van der Waals surface area contributed by atoms with Gasteiger partial charge in [-0.3, -0.25) is 18.8 Å². The molecule has 1 aliphatic rings. The van der Waals surface area contributed by atoms with Crippen molar-refractivity contribution in [2.75, 3.05) is 44.7 Å². The van der Waals surface area contributed by atoms with Crippen molar-refractivity contribution in [2.45, 2.75) is 19.5 Å². The van der Waals surface area contributed by atoms with Crippen molar-refractivity contribution in [3.8, 4) is 5.75 Å². The SMILES string of the molecule is COc1ccccc1N1CCN(CCCn2c(=O)c(/C=N\O)cn(Cc3ccccc3)c2=O)CC1.O=C(O)/C=C/C(=O)O. The smallest absolute Gasteiger partial charge is 0.331 e. The molecule has 1 aliphatic heterocycles. The van der Waals surface area contributed by atoms with E-state index in [0.29, 0.717) is 31.7 Å². The number of aliphatic carboxylic acids is 2. The van der Waals surface area contributed by atoms with Crippen LogP contribution in [0, 0.1) is 0 Å². The van der Waals surface area contributed by atoms with Gasteiger partial charge >= 0.3 is 17.6 Å². The molecule has 0 spiro atoms. The number of rotatable bonds is 11. The predicted octanol–water partition coefficient (Wildman–Crippen LogP) is 1.80. The number of carboxylic acid groups (broad SMARTS) is 2. The normalized spacial score (nSPS) is 13.6. The summed E-state index contributed by atoms with van der Waals surface area (Å²) in [5.74, 6) is -1.64. The number of methoxy groups -OCH3 is 1. The van der Waals surface area contributed by atoms with E-state index in [2.05, 4.69) is 21.0 Å². The third kappa shape index (κ3) is 9.71. The molecule has 0 unspecified atom stereocenters. The zero-order valence-electron chi connectivity index (χ0n) is 23.8. The van der Waals surface area contributed by atoms with Gasteiger partial charge in [-0.15, -0.1) is 0 Å². The Balaban J connectivity index is 0.000000557. The number of ether oxygens (including phenoxy) is 1. The van der Waals surface area contributed by atoms with E-state index in [9.17, 15) is 19.2 Å². The van der Waals surface area contributed by atoms with Crippen LogP contribution < -0.4 is 20.9 Å². The molecule has 13 nitrogen and oxygen atoms in total. The second-order valence-electron chi connectivity index (χ2n) is 9.55. The number of oxime groups is 1. The van der Waals surface area contributed by atoms with Gasteiger partial charge < -0.3 is 25.1 Å². The van der Waals surface area contributed by atoms with Crippen LogP contribution in [-0.4, -0.2) is 87.4 Å². The molecule has 2 aromatic carbocycles. The summed E-state index contributed by atoms with van der Waals surface area (Å²) in [6, 6.07) is 17.6. The van der Waals surface area contributed by atoms with Gasteiger partial charge in [-0.05, 0) is 30.7 Å². The van der Waals surface area contributed by atoms with Crippen molar-refractivity contribution in [3.05, 3.63) is 105 Å². The highest BCUT2D eigenvalue weighted by atomic mass is 16.5. The van der Waals surface area contributed by atoms with E-state index < -0.39 is 17.5 Å². The van der Waals surface area contributed by atoms with Crippen molar-refractivity contribution < 1.29 is 29.7 Å². The molecule has 2 heterocycles. The first-order valence-corrected chi connectivity index (χ1v) is 13.5. The van der Waals surface area contributed by atoms with Gasteiger partial charge in [0.2, 0.25) is 0 Å². The summed E-state index contributed by atoms with van der Waals surface area (Å²) >= 11 is 0. The van der Waals surface area contributed by atoms with Crippen LogP contribution >= 0.6 is 0 Å². The van der Waals surface area contributed by atoms with E-state index in [1.54, 1.807) is 7.11 Å². The van der Waals surface area contributed by atoms with E-state index in [1.807, 2.05) is 48.5 Å². The monoisotopic (exact) mass is 593 g/mol. The fourth-order valence-corrected chi connectivity index (χ4v) is 4.62. The third-order valence-electron chi connectivity index (χ3n) is 6.68. The number of aromatic nitrogens is 2. The lowest BCUT2D eigenvalue weighted by Crippen LogP contribution is -2.47. The second-order valence-corrected chi connectivity index (χ2v) is 9.55. The molecule has 0 bridgehead atoms. The third-order valence-corrected chi connectivity index (χ3v) is 6.68. The summed E-state index contributed by atoms with van der Waals surface area (Å²) in [6.07, 6.45) is 4.31. The van der Waals surface area contributed by atoms with E-state index >= 15 is 0 Å². The molecule has 0 atom stereocenters. The van der Waals surface area contributed by atoms with Crippen LogP contribution in [0.3, 0.4) is 0 Å². The van der Waals surface area contributed by atoms with Crippen LogP contribution in [0.15, 0.2) is 87.7 Å². The first-order chi connectivity index (χ1) is 20.7. The minimum absolute atomic E-state index is 0.174. The van der Waals surface area contributed by atoms with Gasteiger partial charge in [0.05, 0.1) is 31.1 Å². The standard InChI is InChI=1S/C26H31N5O4.C4H4O4/c1-35-24-11-6-5-10-23(24)29-16-14-28(15-17-29)12-7-13-31-25(32)22(18-27-34)20-30(26(31)33)19-21-8-3-2-4-9-21;5-3(6)1-2-4(7)8/h2-6,8-11,18,20,34H,7,12-17,19H2,1H3;1-2H,(H,5,6)(H,7,8)/b27-18-;2-1+. The van der Waals surface area contributed by atoms with Gasteiger partial charge in [0.1, 0.15) is 5.75 Å². The molecule has 43 heavy (non-hydrogen) atoms. The molecule has 0 aliphatic carbocycles. The van der Waals surface area contributed by atoms with Gasteiger partial charge in [0.15, 0.2) is 0 Å². The summed E-state index contributed by atoms with van der Waals surface area (Å²) in [4.78, 5) is 49.7. The van der Waals surface area contributed by atoms with E-state index in [0.717, 1.165) is 55.9 Å². The van der Waals surface area contributed by atoms with E-state index in [1.165, 1.54) is 15.3 Å². The largest absolute Gasteiger partial charge is 0.495 e. The Morgan fingerprint density at radius 3 is 2.14 bits per heavy atom. The molecular weight excluding hydrogens is 558 g/mol. The predicted molar refractivity (Wildman–Crippen MR) is 161 cm³/mol. The molecule has 0 saturated carbocycles. The molecule has 0 radical (unpaired) electrons. The van der Waals surface area contributed by atoms with Crippen molar-refractivity contribution >= 4 is 23.8 Å². The van der Waals surface area contributed by atoms with Gasteiger partial charge in [-0.2, -0.15) is 0 Å². The lowest BCUT2D eigenvalue weighted by molar-refractivity contribution is -0.134. The van der Waals surface area contributed by atoms with Gasteiger partial charge in [-0.25, -0.2) is 14.4 Å². The summed E-state index contributed by atoms with van der Waals surface area (Å²) < 4.78 is 8.22. The second kappa shape index (κ2) is 16.3. The number of para-hydroxylation sites is 2. The Hall–Kier alpha value is -5.17. The minimum atomic E-state index is -1.26. The van der Waals surface area contributed by atoms with Gasteiger partial charge in [0.25, 0.3) is 5.56 Å². The number of hydrogen-bond donors (Lipinski definition) is 3. The summed E-state index contributed by atoms with van der Waals surface area (Å²) in [6.45, 7) is 4.95. The highest BCUT2D eigenvalue weighted by Crippen LogP contribution is 2.28. The molecule has 1 aromatic heterocycles. The number of benzene rings is 2. The molecule has 0 amide bonds. The highest BCUT2D eigenvalue weighted by Gasteiger charge is 2.19. The van der Waals surface area contributed by atoms with Crippen molar-refractivity contribution in [3.63, 3.8) is 0 Å². The number of carboxylic acids is 2. The molecule has 3 aromatic rings. The molecule has 228 valence electrons. The maximum absolute atomic E-state index is 13.1. The van der Waals surface area contributed by atoms with Gasteiger partial charge in [0, 0.05) is 51.1 Å². The average molecular weight is 594 g/mol. The molecule has 4 rings (SSSR count). The average Bonchev–Trinajstić information content (AvgIpc) is 3.01. The summed E-state index contributed by atoms with van der Waals surface area (Å²) in [5.41, 5.74) is 1.41. The molecule has 1 fully saturated rings. The Bertz CT molecular complexity index is 1520. The van der Waals surface area contributed by atoms with E-state index in [-0.39, 0.29) is 11.3 Å². The Morgan fingerprint density at radius 1 is 0.907 bits per heavy atom. The highest BCUT2D eigenvalue weighted by molar-refractivity contribution is 5.89. The maximum Gasteiger partial charge on any atom is 0.331 e. The van der Waals surface area contributed by atoms with Crippen molar-refractivity contribution in [1.29, 1.82) is 0 Å². The van der Waals surface area contributed by atoms with Crippen LogP contribution in [0.4, 0.5) is 5.69 Å². The Kier molecular flexibility index (Phi) is 12.3. The zero-order chi connectivity index (χ0) is 31.2. The number of anilines is 1. The van der Waals surface area contributed by atoms with Crippen LogP contribution in [0.1, 0.15) is 17.5 Å². The zero-order valence-corrected chi connectivity index (χ0v) is 23.8. The number of hydrogen-bond acceptors (Lipinski definition) is 9. The van der Waals surface area contributed by atoms with Crippen LogP contribution in [-0.2, 0) is 22.7 Å². The van der Waals surface area contributed by atoms with Crippen molar-refractivity contribution in [1.82, 2.24) is 14.0 Å². The Labute approximate surface area is 247 Å². The van der Waals surface area contributed by atoms with Crippen molar-refractivity contribution in [2.24, 2.45) is 5.16 Å². The lowest BCUT2D eigenvalue weighted by Gasteiger charge is -2.36. The van der Waals surface area contributed by atoms with Crippen LogP contribution in [0.25, 0.3) is 0 Å². The number of carbonyl (C=O) groups is 2. The maximum atomic E-state index is 13.1. The molecule has 3 N–H and O–H groups in total. The summed E-state index contributed by atoms with van der Waals surface area (Å²) in [5, 5.41) is 27.6. The Morgan fingerprint density at radius 2 is 1.53 bits per heavy atom. The topological polar surface area (TPSA) is 167 Å². The number of nitrogens with zero attached hydrogens (tertiary/aromatic N) is 5. The quantitative estimate of drug-likeness (QED) is 0.129. The molecular formula is C30H35N5O8. The number of piperazine rings is 1. The fraction of sp³-hybridized carbons (Fsp3) is 0.300. The molecule has 1 saturated heterocycles. The van der Waals surface area contributed by atoms with E-state index in [4.69, 9.17) is 20.2 Å².